The highest BCUT2D eigenvalue weighted by atomic mass is 32.1. The van der Waals surface area contributed by atoms with Gasteiger partial charge in [0.25, 0.3) is 0 Å². The van der Waals surface area contributed by atoms with E-state index >= 15 is 0 Å². The Labute approximate surface area is 107 Å². The first-order valence-electron chi connectivity index (χ1n) is 6.08. The minimum absolute atomic E-state index is 0.132. The molecule has 1 unspecified atom stereocenters. The van der Waals surface area contributed by atoms with Crippen LogP contribution in [-0.2, 0) is 12.8 Å². The van der Waals surface area contributed by atoms with Crippen LogP contribution in [0.2, 0.25) is 0 Å². The van der Waals surface area contributed by atoms with E-state index < -0.39 is 0 Å². The zero-order chi connectivity index (χ0) is 12.3. The summed E-state index contributed by atoms with van der Waals surface area (Å²) >= 11 is 1.78. The van der Waals surface area contributed by atoms with Crippen LogP contribution >= 0.6 is 11.3 Å². The highest BCUT2D eigenvalue weighted by Gasteiger charge is 2.12. The maximum Gasteiger partial charge on any atom is 0.0433 e. The highest BCUT2D eigenvalue weighted by molar-refractivity contribution is 7.10. The number of benzene rings is 1. The molecule has 2 aromatic rings. The lowest BCUT2D eigenvalue weighted by atomic mass is 10.0. The topological polar surface area (TPSA) is 26.0 Å². The van der Waals surface area contributed by atoms with Gasteiger partial charge in [0, 0.05) is 10.9 Å². The minimum Gasteiger partial charge on any atom is -0.323 e. The Kier molecular flexibility index (Phi) is 3.97. The fourth-order valence-corrected chi connectivity index (χ4v) is 3.04. The fraction of sp³-hybridized carbons (Fsp3) is 0.333. The molecule has 0 saturated heterocycles. The van der Waals surface area contributed by atoms with Crippen LogP contribution < -0.4 is 5.73 Å². The molecule has 1 heterocycles. The van der Waals surface area contributed by atoms with Crippen LogP contribution in [0.5, 0.6) is 0 Å². The first-order valence-corrected chi connectivity index (χ1v) is 6.96. The molecule has 2 heteroatoms. The third kappa shape index (κ3) is 2.96. The van der Waals surface area contributed by atoms with E-state index in [1.165, 1.54) is 21.6 Å². The summed E-state index contributed by atoms with van der Waals surface area (Å²) in [5.74, 6) is 0. The Bertz CT molecular complexity index is 470. The van der Waals surface area contributed by atoms with Crippen LogP contribution in [0, 0.1) is 6.92 Å². The second kappa shape index (κ2) is 5.48. The van der Waals surface area contributed by atoms with Gasteiger partial charge < -0.3 is 5.73 Å². The van der Waals surface area contributed by atoms with Crippen LogP contribution in [0.15, 0.2) is 35.7 Å². The zero-order valence-electron chi connectivity index (χ0n) is 10.4. The Morgan fingerprint density at radius 3 is 2.53 bits per heavy atom. The van der Waals surface area contributed by atoms with Crippen LogP contribution in [0.4, 0.5) is 0 Å². The molecular formula is C15H19NS. The molecule has 0 radical (unpaired) electrons. The lowest BCUT2D eigenvalue weighted by Crippen LogP contribution is -2.13. The number of aryl methyl sites for hydroxylation is 2. The van der Waals surface area contributed by atoms with Crippen molar-refractivity contribution < 1.29 is 0 Å². The SMILES string of the molecule is CCc1ccsc1C(N)Cc1ccc(C)cc1. The van der Waals surface area contributed by atoms with Crippen molar-refractivity contribution in [2.75, 3.05) is 0 Å². The lowest BCUT2D eigenvalue weighted by Gasteiger charge is -2.12. The molecule has 1 atom stereocenters. The molecule has 1 aromatic carbocycles. The van der Waals surface area contributed by atoms with Gasteiger partial charge in [-0.2, -0.15) is 0 Å². The predicted molar refractivity (Wildman–Crippen MR) is 75.5 cm³/mol. The monoisotopic (exact) mass is 245 g/mol. The summed E-state index contributed by atoms with van der Waals surface area (Å²) in [5.41, 5.74) is 10.3. The quantitative estimate of drug-likeness (QED) is 0.869. The summed E-state index contributed by atoms with van der Waals surface area (Å²) in [6.45, 7) is 4.29. The lowest BCUT2D eigenvalue weighted by molar-refractivity contribution is 0.728. The number of thiophene rings is 1. The van der Waals surface area contributed by atoms with Gasteiger partial charge in [0.15, 0.2) is 0 Å². The first-order chi connectivity index (χ1) is 8.20. The summed E-state index contributed by atoms with van der Waals surface area (Å²) in [5, 5.41) is 2.14. The van der Waals surface area contributed by atoms with Gasteiger partial charge in [0.2, 0.25) is 0 Å². The molecule has 17 heavy (non-hydrogen) atoms. The molecule has 1 nitrogen and oxygen atoms in total. The molecule has 2 N–H and O–H groups in total. The van der Waals surface area contributed by atoms with Crippen LogP contribution in [0.1, 0.15) is 34.5 Å². The average Bonchev–Trinajstić information content (AvgIpc) is 2.80. The van der Waals surface area contributed by atoms with Crippen molar-refractivity contribution in [3.8, 4) is 0 Å². The van der Waals surface area contributed by atoms with E-state index in [4.69, 9.17) is 5.73 Å². The summed E-state index contributed by atoms with van der Waals surface area (Å²) in [7, 11) is 0. The van der Waals surface area contributed by atoms with Gasteiger partial charge in [0.05, 0.1) is 0 Å². The largest absolute Gasteiger partial charge is 0.323 e. The number of hydrogen-bond acceptors (Lipinski definition) is 2. The fourth-order valence-electron chi connectivity index (χ4n) is 2.04. The van der Waals surface area contributed by atoms with Gasteiger partial charge in [-0.05, 0) is 42.3 Å². The Morgan fingerprint density at radius 1 is 1.18 bits per heavy atom. The van der Waals surface area contributed by atoms with E-state index in [9.17, 15) is 0 Å². The van der Waals surface area contributed by atoms with Crippen LogP contribution in [0.3, 0.4) is 0 Å². The maximum atomic E-state index is 6.30. The minimum atomic E-state index is 0.132. The molecule has 0 fully saturated rings. The van der Waals surface area contributed by atoms with Gasteiger partial charge in [-0.1, -0.05) is 36.8 Å². The van der Waals surface area contributed by atoms with Gasteiger partial charge in [-0.3, -0.25) is 0 Å². The second-order valence-corrected chi connectivity index (χ2v) is 5.41. The van der Waals surface area contributed by atoms with Gasteiger partial charge >= 0.3 is 0 Å². The standard InChI is InChI=1S/C15H19NS/c1-3-13-8-9-17-15(13)14(16)10-12-6-4-11(2)5-7-12/h4-9,14H,3,10,16H2,1-2H3. The van der Waals surface area contributed by atoms with Crippen molar-refractivity contribution in [3.05, 3.63) is 57.3 Å². The van der Waals surface area contributed by atoms with Crippen molar-refractivity contribution in [2.24, 2.45) is 5.73 Å². The van der Waals surface area contributed by atoms with E-state index in [1.54, 1.807) is 11.3 Å². The normalized spacial score (nSPS) is 12.6. The molecular weight excluding hydrogens is 226 g/mol. The summed E-state index contributed by atoms with van der Waals surface area (Å²) in [4.78, 5) is 1.34. The second-order valence-electron chi connectivity index (χ2n) is 4.46. The van der Waals surface area contributed by atoms with Crippen LogP contribution in [-0.4, -0.2) is 0 Å². The maximum absolute atomic E-state index is 6.30. The number of rotatable bonds is 4. The van der Waals surface area contributed by atoms with E-state index in [1.807, 2.05) is 0 Å². The number of hydrogen-bond donors (Lipinski definition) is 1. The third-order valence-corrected chi connectivity index (χ3v) is 4.17. The Morgan fingerprint density at radius 2 is 1.88 bits per heavy atom. The summed E-state index contributed by atoms with van der Waals surface area (Å²) < 4.78 is 0. The van der Waals surface area contributed by atoms with Crippen LogP contribution in [0.25, 0.3) is 0 Å². The molecule has 2 rings (SSSR count). The Hall–Kier alpha value is -1.12. The van der Waals surface area contributed by atoms with E-state index in [0.717, 1.165) is 12.8 Å². The zero-order valence-corrected chi connectivity index (χ0v) is 11.3. The number of nitrogens with two attached hydrogens (primary N) is 1. The molecule has 0 amide bonds. The average molecular weight is 245 g/mol. The molecule has 0 saturated carbocycles. The predicted octanol–water partition coefficient (Wildman–Crippen LogP) is 3.86. The van der Waals surface area contributed by atoms with Crippen molar-refractivity contribution in [1.29, 1.82) is 0 Å². The molecule has 1 aromatic heterocycles. The molecule has 0 bridgehead atoms. The van der Waals surface area contributed by atoms with Crippen molar-refractivity contribution >= 4 is 11.3 Å². The molecule has 0 aliphatic heterocycles. The summed E-state index contributed by atoms with van der Waals surface area (Å²) in [6.07, 6.45) is 1.99. The molecule has 0 aliphatic carbocycles. The Balaban J connectivity index is 2.11. The van der Waals surface area contributed by atoms with Crippen molar-refractivity contribution in [1.82, 2.24) is 0 Å². The third-order valence-electron chi connectivity index (χ3n) is 3.07. The molecule has 90 valence electrons. The summed E-state index contributed by atoms with van der Waals surface area (Å²) in [6, 6.07) is 11.0. The van der Waals surface area contributed by atoms with Gasteiger partial charge in [-0.15, -0.1) is 11.3 Å². The molecule has 0 aliphatic rings. The van der Waals surface area contributed by atoms with E-state index in [-0.39, 0.29) is 6.04 Å². The smallest absolute Gasteiger partial charge is 0.0433 e. The first kappa shape index (κ1) is 12.3. The van der Waals surface area contributed by atoms with Gasteiger partial charge in [-0.25, -0.2) is 0 Å². The highest BCUT2D eigenvalue weighted by Crippen LogP contribution is 2.26. The van der Waals surface area contributed by atoms with Crippen molar-refractivity contribution in [3.63, 3.8) is 0 Å². The van der Waals surface area contributed by atoms with Gasteiger partial charge in [0.1, 0.15) is 0 Å². The van der Waals surface area contributed by atoms with E-state index in [2.05, 4.69) is 49.6 Å². The van der Waals surface area contributed by atoms with E-state index in [0.29, 0.717) is 0 Å². The van der Waals surface area contributed by atoms with Crippen molar-refractivity contribution in [2.45, 2.75) is 32.7 Å². The molecule has 0 spiro atoms.